The van der Waals surface area contributed by atoms with Gasteiger partial charge in [-0.2, -0.15) is 0 Å². The first kappa shape index (κ1) is 21.0. The standard InChI is InChI=1S/C25H21N7O2/c1-3-8-17-11-14-30-15-19(32(25(34)21(17)30)18-9-5-4-6-10-18)16(2)28-24(33)20-22(26)29-31-13-7-12-27-23(20)31/h4-7,9-16H,1-2H3,(H2,26,29)(H,28,33). The highest BCUT2D eigenvalue weighted by Crippen LogP contribution is 2.21. The third kappa shape index (κ3) is 3.38. The second-order valence-electron chi connectivity index (χ2n) is 7.73. The second kappa shape index (κ2) is 8.26. The number of carbonyl (C=O) groups excluding carboxylic acids is 1. The zero-order valence-electron chi connectivity index (χ0n) is 18.6. The normalized spacial score (nSPS) is 11.8. The Morgan fingerprint density at radius 2 is 1.94 bits per heavy atom. The highest BCUT2D eigenvalue weighted by Gasteiger charge is 2.24. The Morgan fingerprint density at radius 1 is 1.15 bits per heavy atom. The van der Waals surface area contributed by atoms with E-state index < -0.39 is 11.9 Å². The van der Waals surface area contributed by atoms with E-state index in [0.29, 0.717) is 28.1 Å². The molecule has 1 amide bonds. The van der Waals surface area contributed by atoms with Gasteiger partial charge >= 0.3 is 0 Å². The van der Waals surface area contributed by atoms with Crippen LogP contribution in [0.1, 0.15) is 41.5 Å². The summed E-state index contributed by atoms with van der Waals surface area (Å²) in [5.74, 6) is 5.48. The summed E-state index contributed by atoms with van der Waals surface area (Å²) in [6.45, 7) is 3.54. The zero-order valence-corrected chi connectivity index (χ0v) is 18.6. The molecule has 4 aromatic heterocycles. The van der Waals surface area contributed by atoms with Crippen molar-refractivity contribution in [3.63, 3.8) is 0 Å². The zero-order chi connectivity index (χ0) is 23.8. The number of amides is 1. The summed E-state index contributed by atoms with van der Waals surface area (Å²) in [6.07, 6.45) is 6.85. The van der Waals surface area contributed by atoms with E-state index >= 15 is 0 Å². The quantitative estimate of drug-likeness (QED) is 0.408. The predicted octanol–water partition coefficient (Wildman–Crippen LogP) is 2.58. The first-order valence-electron chi connectivity index (χ1n) is 10.6. The number of nitrogens with zero attached hydrogens (tertiary/aromatic N) is 5. The van der Waals surface area contributed by atoms with Gasteiger partial charge in [-0.25, -0.2) is 9.50 Å². The van der Waals surface area contributed by atoms with Crippen molar-refractivity contribution in [3.05, 3.63) is 94.4 Å². The van der Waals surface area contributed by atoms with E-state index in [-0.39, 0.29) is 16.9 Å². The van der Waals surface area contributed by atoms with Crippen molar-refractivity contribution in [2.75, 3.05) is 5.73 Å². The number of carbonyl (C=O) groups is 1. The van der Waals surface area contributed by atoms with Crippen molar-refractivity contribution < 1.29 is 4.79 Å². The SMILES string of the molecule is CC#Cc1ccn2cc(C(C)NC(=O)c3c(N)nn4cccnc34)n(-c3ccccc3)c(=O)c12. The smallest absolute Gasteiger partial charge is 0.280 e. The Kier molecular flexibility index (Phi) is 5.11. The predicted molar refractivity (Wildman–Crippen MR) is 129 cm³/mol. The number of rotatable bonds is 4. The molecule has 34 heavy (non-hydrogen) atoms. The largest absolute Gasteiger partial charge is 0.381 e. The number of hydrogen-bond donors (Lipinski definition) is 2. The fraction of sp³-hybridized carbons (Fsp3) is 0.120. The van der Waals surface area contributed by atoms with E-state index in [0.717, 1.165) is 0 Å². The van der Waals surface area contributed by atoms with Crippen LogP contribution in [-0.4, -0.2) is 29.5 Å². The molecule has 4 heterocycles. The highest BCUT2D eigenvalue weighted by molar-refractivity contribution is 6.04. The Bertz CT molecular complexity index is 1670. The summed E-state index contributed by atoms with van der Waals surface area (Å²) in [4.78, 5) is 31.1. The van der Waals surface area contributed by atoms with Gasteiger partial charge in [0, 0.05) is 30.5 Å². The molecule has 1 atom stereocenters. The average Bonchev–Trinajstić information content (AvgIpc) is 3.39. The van der Waals surface area contributed by atoms with Crippen LogP contribution in [0.3, 0.4) is 0 Å². The lowest BCUT2D eigenvalue weighted by Crippen LogP contribution is -2.33. The molecule has 1 unspecified atom stereocenters. The summed E-state index contributed by atoms with van der Waals surface area (Å²) in [7, 11) is 0. The Labute approximate surface area is 194 Å². The van der Waals surface area contributed by atoms with Crippen molar-refractivity contribution in [2.24, 2.45) is 0 Å². The van der Waals surface area contributed by atoms with Crippen molar-refractivity contribution in [1.29, 1.82) is 0 Å². The van der Waals surface area contributed by atoms with Gasteiger partial charge in [-0.05, 0) is 38.1 Å². The lowest BCUT2D eigenvalue weighted by Gasteiger charge is -2.20. The first-order valence-corrected chi connectivity index (χ1v) is 10.6. The number of benzene rings is 1. The molecule has 0 bridgehead atoms. The number of nitrogen functional groups attached to an aromatic ring is 1. The number of hydrogen-bond acceptors (Lipinski definition) is 5. The van der Waals surface area contributed by atoms with Crippen LogP contribution in [0, 0.1) is 11.8 Å². The van der Waals surface area contributed by atoms with Gasteiger partial charge < -0.3 is 15.5 Å². The van der Waals surface area contributed by atoms with E-state index in [2.05, 4.69) is 27.2 Å². The van der Waals surface area contributed by atoms with Crippen molar-refractivity contribution in [3.8, 4) is 17.5 Å². The van der Waals surface area contributed by atoms with Gasteiger partial charge in [-0.15, -0.1) is 11.0 Å². The van der Waals surface area contributed by atoms with Crippen molar-refractivity contribution in [1.82, 2.24) is 28.9 Å². The molecule has 5 aromatic rings. The molecule has 0 spiro atoms. The number of para-hydroxylation sites is 1. The topological polar surface area (TPSA) is 112 Å². The van der Waals surface area contributed by atoms with Crippen LogP contribution in [0.2, 0.25) is 0 Å². The molecule has 5 rings (SSSR count). The van der Waals surface area contributed by atoms with Gasteiger partial charge in [0.05, 0.1) is 17.3 Å². The number of nitrogens with two attached hydrogens (primary N) is 1. The monoisotopic (exact) mass is 451 g/mol. The molecule has 9 nitrogen and oxygen atoms in total. The molecule has 0 saturated heterocycles. The second-order valence-corrected chi connectivity index (χ2v) is 7.73. The van der Waals surface area contributed by atoms with Gasteiger partial charge in [-0.1, -0.05) is 24.1 Å². The van der Waals surface area contributed by atoms with Crippen LogP contribution >= 0.6 is 0 Å². The van der Waals surface area contributed by atoms with Crippen LogP contribution in [0.4, 0.5) is 5.82 Å². The van der Waals surface area contributed by atoms with Crippen LogP contribution in [0.25, 0.3) is 16.9 Å². The molecule has 0 fully saturated rings. The van der Waals surface area contributed by atoms with E-state index in [9.17, 15) is 9.59 Å². The van der Waals surface area contributed by atoms with Crippen LogP contribution in [-0.2, 0) is 0 Å². The number of fused-ring (bicyclic) bond motifs is 2. The minimum atomic E-state index is -0.550. The van der Waals surface area contributed by atoms with Gasteiger partial charge in [-0.3, -0.25) is 14.2 Å². The summed E-state index contributed by atoms with van der Waals surface area (Å²) in [6, 6.07) is 12.2. The maximum absolute atomic E-state index is 13.7. The van der Waals surface area contributed by atoms with Crippen molar-refractivity contribution >= 4 is 22.9 Å². The number of nitrogens with one attached hydrogen (secondary N) is 1. The third-order valence-corrected chi connectivity index (χ3v) is 5.57. The van der Waals surface area contributed by atoms with Crippen LogP contribution in [0.15, 0.2) is 72.0 Å². The van der Waals surface area contributed by atoms with E-state index in [1.165, 1.54) is 4.52 Å². The Hall–Kier alpha value is -4.84. The lowest BCUT2D eigenvalue weighted by atomic mass is 10.1. The van der Waals surface area contributed by atoms with Crippen molar-refractivity contribution in [2.45, 2.75) is 19.9 Å². The fourth-order valence-electron chi connectivity index (χ4n) is 4.05. The Balaban J connectivity index is 1.64. The third-order valence-electron chi connectivity index (χ3n) is 5.57. The molecule has 168 valence electrons. The van der Waals surface area contributed by atoms with E-state index in [1.807, 2.05) is 43.5 Å². The van der Waals surface area contributed by atoms with Gasteiger partial charge in [0.2, 0.25) is 0 Å². The van der Waals surface area contributed by atoms with Crippen LogP contribution < -0.4 is 16.6 Å². The molecule has 0 saturated carbocycles. The van der Waals surface area contributed by atoms with E-state index in [4.69, 9.17) is 5.73 Å². The summed E-state index contributed by atoms with van der Waals surface area (Å²) in [5.41, 5.74) is 8.70. The van der Waals surface area contributed by atoms with Crippen LogP contribution in [0.5, 0.6) is 0 Å². The maximum Gasteiger partial charge on any atom is 0.280 e. The van der Waals surface area contributed by atoms with Gasteiger partial charge in [0.25, 0.3) is 11.5 Å². The minimum Gasteiger partial charge on any atom is -0.381 e. The summed E-state index contributed by atoms with van der Waals surface area (Å²) < 4.78 is 4.79. The molecule has 1 aromatic carbocycles. The maximum atomic E-state index is 13.7. The lowest BCUT2D eigenvalue weighted by molar-refractivity contribution is 0.0941. The average molecular weight is 451 g/mol. The minimum absolute atomic E-state index is 0.0764. The first-order chi connectivity index (χ1) is 16.5. The number of aromatic nitrogens is 5. The van der Waals surface area contributed by atoms with Gasteiger partial charge in [0.1, 0.15) is 11.1 Å². The molecule has 0 aliphatic rings. The number of anilines is 1. The Morgan fingerprint density at radius 3 is 2.71 bits per heavy atom. The molecular weight excluding hydrogens is 430 g/mol. The molecule has 9 heteroatoms. The summed E-state index contributed by atoms with van der Waals surface area (Å²) >= 11 is 0. The molecule has 3 N–H and O–H groups in total. The fourth-order valence-corrected chi connectivity index (χ4v) is 4.05. The molecule has 0 aliphatic carbocycles. The molecule has 0 radical (unpaired) electrons. The van der Waals surface area contributed by atoms with E-state index in [1.54, 1.807) is 46.6 Å². The highest BCUT2D eigenvalue weighted by atomic mass is 16.2. The molecule has 0 aliphatic heterocycles. The summed E-state index contributed by atoms with van der Waals surface area (Å²) in [5, 5.41) is 7.11. The van der Waals surface area contributed by atoms with Gasteiger partial charge in [0.15, 0.2) is 11.5 Å². The molecular formula is C25H21N7O2.